The number of rotatable bonds is 6. The number of carboxylic acid groups (broad SMARTS) is 1. The van der Waals surface area contributed by atoms with Gasteiger partial charge in [0.1, 0.15) is 6.10 Å². The van der Waals surface area contributed by atoms with E-state index in [4.69, 9.17) is 4.74 Å². The van der Waals surface area contributed by atoms with Gasteiger partial charge in [-0.25, -0.2) is 0 Å². The number of carbonyl (C=O) groups is 2. The van der Waals surface area contributed by atoms with Crippen LogP contribution in [-0.4, -0.2) is 23.1 Å². The third-order valence-electron chi connectivity index (χ3n) is 6.46. The van der Waals surface area contributed by atoms with Gasteiger partial charge in [0.05, 0.1) is 11.8 Å². The van der Waals surface area contributed by atoms with Gasteiger partial charge in [-0.3, -0.25) is 9.59 Å². The quantitative estimate of drug-likeness (QED) is 0.636. The minimum atomic E-state index is -0.845. The van der Waals surface area contributed by atoms with Crippen LogP contribution in [-0.2, 0) is 14.3 Å². The van der Waals surface area contributed by atoms with Gasteiger partial charge >= 0.3 is 11.9 Å². The molecule has 0 aromatic carbocycles. The second-order valence-corrected chi connectivity index (χ2v) is 9.76. The summed E-state index contributed by atoms with van der Waals surface area (Å²) >= 11 is 0. The predicted molar refractivity (Wildman–Crippen MR) is 103 cm³/mol. The highest BCUT2D eigenvalue weighted by atomic mass is 16.5. The lowest BCUT2D eigenvalue weighted by molar-refractivity contribution is -0.168. The lowest BCUT2D eigenvalue weighted by Crippen LogP contribution is -2.39. The molecule has 1 N–H and O–H groups in total. The molecule has 150 valence electrons. The molecule has 0 heterocycles. The first-order valence-electron chi connectivity index (χ1n) is 10.6. The number of aliphatic carboxylic acids is 1. The molecule has 2 fully saturated rings. The van der Waals surface area contributed by atoms with Gasteiger partial charge in [-0.1, -0.05) is 59.8 Å². The number of carboxylic acids is 1. The lowest BCUT2D eigenvalue weighted by atomic mass is 9.74. The highest BCUT2D eigenvalue weighted by molar-refractivity contribution is 5.81. The summed E-state index contributed by atoms with van der Waals surface area (Å²) in [6, 6.07) is 0. The van der Waals surface area contributed by atoms with E-state index in [1.807, 2.05) is 0 Å². The Morgan fingerprint density at radius 2 is 1.58 bits per heavy atom. The zero-order chi connectivity index (χ0) is 19.3. The zero-order valence-electron chi connectivity index (χ0n) is 17.1. The fourth-order valence-corrected chi connectivity index (χ4v) is 4.82. The molecule has 0 aromatic heterocycles. The van der Waals surface area contributed by atoms with Gasteiger partial charge in [-0.15, -0.1) is 0 Å². The minimum Gasteiger partial charge on any atom is -0.481 e. The van der Waals surface area contributed by atoms with Crippen molar-refractivity contribution < 1.29 is 19.4 Å². The summed E-state index contributed by atoms with van der Waals surface area (Å²) < 4.78 is 6.05. The minimum absolute atomic E-state index is 0.0725. The number of esters is 1. The molecule has 4 heteroatoms. The number of carbonyl (C=O) groups excluding carboxylic acids is 1. The Kier molecular flexibility index (Phi) is 7.54. The van der Waals surface area contributed by atoms with Crippen molar-refractivity contribution in [1.29, 1.82) is 0 Å². The van der Waals surface area contributed by atoms with Gasteiger partial charge in [0.15, 0.2) is 0 Å². The average molecular weight is 367 g/mol. The molecule has 0 aromatic rings. The number of hydrogen-bond acceptors (Lipinski definition) is 3. The molecule has 26 heavy (non-hydrogen) atoms. The summed E-state index contributed by atoms with van der Waals surface area (Å²) in [6.45, 7) is 8.82. The topological polar surface area (TPSA) is 63.6 Å². The van der Waals surface area contributed by atoms with Crippen molar-refractivity contribution in [3.8, 4) is 0 Å². The van der Waals surface area contributed by atoms with Gasteiger partial charge in [0.25, 0.3) is 0 Å². The Balaban J connectivity index is 2.05. The van der Waals surface area contributed by atoms with Crippen molar-refractivity contribution in [2.75, 3.05) is 0 Å². The first kappa shape index (κ1) is 21.2. The standard InChI is InChI=1S/C22H38O4/c1-5-15-10-12-16(13-11-15)19(14-22(2,3)4)26-21(25)18-9-7-6-8-17(18)20(23)24/h15-19H,5-14H2,1-4H3,(H,23,24). The van der Waals surface area contributed by atoms with Crippen LogP contribution in [0.5, 0.6) is 0 Å². The van der Waals surface area contributed by atoms with E-state index >= 15 is 0 Å². The molecule has 0 saturated heterocycles. The monoisotopic (exact) mass is 366 g/mol. The zero-order valence-corrected chi connectivity index (χ0v) is 17.1. The molecule has 4 nitrogen and oxygen atoms in total. The first-order chi connectivity index (χ1) is 12.2. The Hall–Kier alpha value is -1.06. The summed E-state index contributed by atoms with van der Waals surface area (Å²) in [4.78, 5) is 24.4. The van der Waals surface area contributed by atoms with E-state index in [0.717, 1.165) is 38.0 Å². The van der Waals surface area contributed by atoms with E-state index in [1.165, 1.54) is 19.3 Å². The first-order valence-corrected chi connectivity index (χ1v) is 10.6. The van der Waals surface area contributed by atoms with Crippen LogP contribution in [0.4, 0.5) is 0 Å². The highest BCUT2D eigenvalue weighted by Gasteiger charge is 2.39. The Labute approximate surface area is 159 Å². The van der Waals surface area contributed by atoms with Gasteiger partial charge in [-0.05, 0) is 49.4 Å². The van der Waals surface area contributed by atoms with Gasteiger partial charge in [0.2, 0.25) is 0 Å². The van der Waals surface area contributed by atoms with E-state index in [1.54, 1.807) is 0 Å². The van der Waals surface area contributed by atoms with Crippen LogP contribution in [0.25, 0.3) is 0 Å². The second kappa shape index (κ2) is 9.23. The maximum absolute atomic E-state index is 12.9. The van der Waals surface area contributed by atoms with Crippen LogP contribution in [0.15, 0.2) is 0 Å². The van der Waals surface area contributed by atoms with Crippen molar-refractivity contribution in [1.82, 2.24) is 0 Å². The third-order valence-corrected chi connectivity index (χ3v) is 6.46. The van der Waals surface area contributed by atoms with Crippen LogP contribution in [0.1, 0.15) is 91.9 Å². The van der Waals surface area contributed by atoms with E-state index < -0.39 is 17.8 Å². The molecule has 3 unspecified atom stereocenters. The van der Waals surface area contributed by atoms with Gasteiger partial charge < -0.3 is 9.84 Å². The molecule has 0 aliphatic heterocycles. The molecule has 2 aliphatic rings. The summed E-state index contributed by atoms with van der Waals surface area (Å²) in [6.07, 6.45) is 9.78. The SMILES string of the molecule is CCC1CCC(C(CC(C)(C)C)OC(=O)C2CCCCC2C(=O)O)CC1. The maximum atomic E-state index is 12.9. The van der Waals surface area contributed by atoms with Crippen molar-refractivity contribution >= 4 is 11.9 Å². The summed E-state index contributed by atoms with van der Waals surface area (Å²) in [5.74, 6) is -0.899. The molecule has 2 rings (SSSR count). The maximum Gasteiger partial charge on any atom is 0.310 e. The largest absolute Gasteiger partial charge is 0.481 e. The molecular weight excluding hydrogens is 328 g/mol. The number of hydrogen-bond donors (Lipinski definition) is 1. The van der Waals surface area contributed by atoms with Crippen LogP contribution < -0.4 is 0 Å². The Bertz CT molecular complexity index is 471. The molecule has 0 bridgehead atoms. The summed E-state index contributed by atoms with van der Waals surface area (Å²) in [5, 5.41) is 9.48. The molecule has 0 amide bonds. The average Bonchev–Trinajstić information content (AvgIpc) is 2.60. The summed E-state index contributed by atoms with van der Waals surface area (Å²) in [5.41, 5.74) is 0.0886. The summed E-state index contributed by atoms with van der Waals surface area (Å²) in [7, 11) is 0. The second-order valence-electron chi connectivity index (χ2n) is 9.76. The van der Waals surface area contributed by atoms with E-state index in [-0.39, 0.29) is 17.5 Å². The fraction of sp³-hybridized carbons (Fsp3) is 0.909. The van der Waals surface area contributed by atoms with Crippen molar-refractivity contribution in [3.63, 3.8) is 0 Å². The normalized spacial score (nSPS) is 31.2. The van der Waals surface area contributed by atoms with Crippen LogP contribution in [0.2, 0.25) is 0 Å². The van der Waals surface area contributed by atoms with E-state index in [9.17, 15) is 14.7 Å². The molecule has 2 aliphatic carbocycles. The van der Waals surface area contributed by atoms with E-state index in [2.05, 4.69) is 27.7 Å². The smallest absolute Gasteiger partial charge is 0.310 e. The van der Waals surface area contributed by atoms with E-state index in [0.29, 0.717) is 18.8 Å². The molecule has 0 spiro atoms. The third kappa shape index (κ3) is 5.99. The molecular formula is C22H38O4. The lowest BCUT2D eigenvalue weighted by Gasteiger charge is -2.37. The van der Waals surface area contributed by atoms with Crippen LogP contribution >= 0.6 is 0 Å². The van der Waals surface area contributed by atoms with Crippen LogP contribution in [0.3, 0.4) is 0 Å². The Morgan fingerprint density at radius 1 is 1.00 bits per heavy atom. The van der Waals surface area contributed by atoms with Crippen molar-refractivity contribution in [2.45, 2.75) is 98.0 Å². The molecule has 0 radical (unpaired) electrons. The number of ether oxygens (including phenoxy) is 1. The van der Waals surface area contributed by atoms with Gasteiger partial charge in [-0.2, -0.15) is 0 Å². The molecule has 3 atom stereocenters. The van der Waals surface area contributed by atoms with Gasteiger partial charge in [0, 0.05) is 0 Å². The highest BCUT2D eigenvalue weighted by Crippen LogP contribution is 2.39. The van der Waals surface area contributed by atoms with Crippen molar-refractivity contribution in [3.05, 3.63) is 0 Å². The molecule has 2 saturated carbocycles. The fourth-order valence-electron chi connectivity index (χ4n) is 4.82. The van der Waals surface area contributed by atoms with Crippen molar-refractivity contribution in [2.24, 2.45) is 29.1 Å². The Morgan fingerprint density at radius 3 is 2.08 bits per heavy atom. The van der Waals surface area contributed by atoms with Crippen LogP contribution in [0, 0.1) is 29.1 Å². The predicted octanol–water partition coefficient (Wildman–Crippen LogP) is 5.44.